The van der Waals surface area contributed by atoms with Crippen molar-refractivity contribution < 1.29 is 0 Å². The molecule has 0 fully saturated rings. The molecular formula is C27H26N2. The van der Waals surface area contributed by atoms with E-state index >= 15 is 0 Å². The van der Waals surface area contributed by atoms with Crippen LogP contribution in [0, 0.1) is 0 Å². The van der Waals surface area contributed by atoms with Crippen molar-refractivity contribution in [1.29, 1.82) is 0 Å². The fourth-order valence-corrected chi connectivity index (χ4v) is 3.66. The molecule has 2 heteroatoms. The normalized spacial score (nSPS) is 10.7. The van der Waals surface area contributed by atoms with E-state index in [9.17, 15) is 0 Å². The number of hydrogen-bond donors (Lipinski definition) is 0. The zero-order valence-electron chi connectivity index (χ0n) is 17.0. The lowest BCUT2D eigenvalue weighted by Gasteiger charge is -2.21. The zero-order valence-corrected chi connectivity index (χ0v) is 17.0. The first-order chi connectivity index (χ1) is 14.3. The first-order valence-electron chi connectivity index (χ1n) is 10.3. The van der Waals surface area contributed by atoms with Crippen LogP contribution in [0.3, 0.4) is 0 Å². The highest BCUT2D eigenvalue weighted by molar-refractivity contribution is 5.77. The van der Waals surface area contributed by atoms with Crippen molar-refractivity contribution in [2.45, 2.75) is 13.8 Å². The highest BCUT2D eigenvalue weighted by Gasteiger charge is 2.09. The van der Waals surface area contributed by atoms with Crippen LogP contribution in [0.25, 0.3) is 33.6 Å². The minimum absolute atomic E-state index is 0.995. The standard InChI is InChI=1S/C27H26N2/c1-3-29(4-2)25-17-15-21(16-18-25)24-19-26(22-11-7-5-8-12-22)28-27(20-24)23-13-9-6-10-14-23/h5-20H,3-4H2,1-2H3. The van der Waals surface area contributed by atoms with Gasteiger partial charge >= 0.3 is 0 Å². The van der Waals surface area contributed by atoms with Crippen molar-refractivity contribution in [3.05, 3.63) is 97.1 Å². The zero-order chi connectivity index (χ0) is 20.1. The monoisotopic (exact) mass is 378 g/mol. The molecule has 2 nitrogen and oxygen atoms in total. The third kappa shape index (κ3) is 4.22. The van der Waals surface area contributed by atoms with Crippen LogP contribution in [0.15, 0.2) is 97.1 Å². The van der Waals surface area contributed by atoms with Gasteiger partial charge in [0.1, 0.15) is 0 Å². The Hall–Kier alpha value is -3.39. The molecule has 0 saturated heterocycles. The molecule has 0 saturated carbocycles. The summed E-state index contributed by atoms with van der Waals surface area (Å²) in [6, 6.07) is 34.0. The Morgan fingerprint density at radius 2 is 1.03 bits per heavy atom. The molecule has 144 valence electrons. The molecule has 0 unspecified atom stereocenters. The quantitative estimate of drug-likeness (QED) is 0.362. The lowest BCUT2D eigenvalue weighted by atomic mass is 9.99. The minimum atomic E-state index is 0.995. The Labute approximate surface area is 173 Å². The van der Waals surface area contributed by atoms with E-state index in [-0.39, 0.29) is 0 Å². The molecular weight excluding hydrogens is 352 g/mol. The Bertz CT molecular complexity index is 993. The van der Waals surface area contributed by atoms with E-state index in [0.717, 1.165) is 35.6 Å². The van der Waals surface area contributed by atoms with E-state index in [2.05, 4.69) is 104 Å². The van der Waals surface area contributed by atoms with E-state index in [1.807, 2.05) is 12.1 Å². The van der Waals surface area contributed by atoms with Crippen molar-refractivity contribution in [2.75, 3.05) is 18.0 Å². The van der Waals surface area contributed by atoms with Gasteiger partial charge in [-0.3, -0.25) is 0 Å². The van der Waals surface area contributed by atoms with Crippen molar-refractivity contribution in [2.24, 2.45) is 0 Å². The molecule has 0 aliphatic carbocycles. The van der Waals surface area contributed by atoms with Gasteiger partial charge < -0.3 is 4.90 Å². The van der Waals surface area contributed by atoms with Crippen LogP contribution in [0.4, 0.5) is 5.69 Å². The first kappa shape index (κ1) is 18.9. The third-order valence-electron chi connectivity index (χ3n) is 5.29. The molecule has 0 radical (unpaired) electrons. The molecule has 4 aromatic rings. The molecule has 0 N–H and O–H groups in total. The highest BCUT2D eigenvalue weighted by Crippen LogP contribution is 2.31. The summed E-state index contributed by atoms with van der Waals surface area (Å²) in [6.07, 6.45) is 0. The van der Waals surface area contributed by atoms with E-state index in [4.69, 9.17) is 4.98 Å². The van der Waals surface area contributed by atoms with E-state index in [1.54, 1.807) is 0 Å². The summed E-state index contributed by atoms with van der Waals surface area (Å²) in [5.74, 6) is 0. The predicted molar refractivity (Wildman–Crippen MR) is 124 cm³/mol. The summed E-state index contributed by atoms with van der Waals surface area (Å²) in [5, 5.41) is 0. The van der Waals surface area contributed by atoms with Crippen molar-refractivity contribution in [3.63, 3.8) is 0 Å². The van der Waals surface area contributed by atoms with Gasteiger partial charge in [0, 0.05) is 29.9 Å². The summed E-state index contributed by atoms with van der Waals surface area (Å²) in [7, 11) is 0. The van der Waals surface area contributed by atoms with Crippen LogP contribution in [0.2, 0.25) is 0 Å². The summed E-state index contributed by atoms with van der Waals surface area (Å²) < 4.78 is 0. The maximum atomic E-state index is 4.96. The smallest absolute Gasteiger partial charge is 0.0715 e. The lowest BCUT2D eigenvalue weighted by Crippen LogP contribution is -2.21. The van der Waals surface area contributed by atoms with E-state index in [1.165, 1.54) is 16.8 Å². The van der Waals surface area contributed by atoms with Gasteiger partial charge in [-0.15, -0.1) is 0 Å². The second-order valence-electron chi connectivity index (χ2n) is 7.08. The van der Waals surface area contributed by atoms with Crippen molar-refractivity contribution in [3.8, 4) is 33.6 Å². The van der Waals surface area contributed by atoms with Crippen LogP contribution in [-0.2, 0) is 0 Å². The Morgan fingerprint density at radius 1 is 0.552 bits per heavy atom. The number of rotatable bonds is 6. The lowest BCUT2D eigenvalue weighted by molar-refractivity contribution is 0.866. The Balaban J connectivity index is 1.80. The van der Waals surface area contributed by atoms with Gasteiger partial charge in [0.05, 0.1) is 11.4 Å². The molecule has 29 heavy (non-hydrogen) atoms. The molecule has 0 atom stereocenters. The second kappa shape index (κ2) is 8.74. The number of pyridine rings is 1. The third-order valence-corrected chi connectivity index (χ3v) is 5.29. The fraction of sp³-hybridized carbons (Fsp3) is 0.148. The van der Waals surface area contributed by atoms with Gasteiger partial charge in [0.25, 0.3) is 0 Å². The molecule has 1 aromatic heterocycles. The van der Waals surface area contributed by atoms with Crippen LogP contribution >= 0.6 is 0 Å². The van der Waals surface area contributed by atoms with Gasteiger partial charge in [0.2, 0.25) is 0 Å². The number of aromatic nitrogens is 1. The van der Waals surface area contributed by atoms with Gasteiger partial charge in [-0.05, 0) is 49.2 Å². The fourth-order valence-electron chi connectivity index (χ4n) is 3.66. The summed E-state index contributed by atoms with van der Waals surface area (Å²) in [5.41, 5.74) is 7.91. The SMILES string of the molecule is CCN(CC)c1ccc(-c2cc(-c3ccccc3)nc(-c3ccccc3)c2)cc1. The molecule has 0 aliphatic rings. The molecule has 3 aromatic carbocycles. The van der Waals surface area contributed by atoms with Gasteiger partial charge in [-0.25, -0.2) is 4.98 Å². The minimum Gasteiger partial charge on any atom is -0.372 e. The topological polar surface area (TPSA) is 16.1 Å². The summed E-state index contributed by atoms with van der Waals surface area (Å²) >= 11 is 0. The molecule has 0 amide bonds. The van der Waals surface area contributed by atoms with Crippen LogP contribution in [0.1, 0.15) is 13.8 Å². The van der Waals surface area contributed by atoms with Crippen LogP contribution in [0.5, 0.6) is 0 Å². The summed E-state index contributed by atoms with van der Waals surface area (Å²) in [4.78, 5) is 7.33. The van der Waals surface area contributed by atoms with Crippen LogP contribution < -0.4 is 4.90 Å². The number of anilines is 1. The summed E-state index contributed by atoms with van der Waals surface area (Å²) in [6.45, 7) is 6.42. The molecule has 4 rings (SSSR count). The average Bonchev–Trinajstić information content (AvgIpc) is 2.81. The molecule has 0 bridgehead atoms. The maximum Gasteiger partial charge on any atom is 0.0715 e. The number of benzene rings is 3. The largest absolute Gasteiger partial charge is 0.372 e. The second-order valence-corrected chi connectivity index (χ2v) is 7.08. The number of hydrogen-bond acceptors (Lipinski definition) is 2. The average molecular weight is 379 g/mol. The maximum absolute atomic E-state index is 4.96. The van der Waals surface area contributed by atoms with Gasteiger partial charge in [0.15, 0.2) is 0 Å². The van der Waals surface area contributed by atoms with Gasteiger partial charge in [-0.2, -0.15) is 0 Å². The highest BCUT2D eigenvalue weighted by atomic mass is 15.1. The number of nitrogens with zero attached hydrogens (tertiary/aromatic N) is 2. The first-order valence-corrected chi connectivity index (χ1v) is 10.3. The Morgan fingerprint density at radius 3 is 1.48 bits per heavy atom. The van der Waals surface area contributed by atoms with E-state index < -0.39 is 0 Å². The van der Waals surface area contributed by atoms with Crippen LogP contribution in [-0.4, -0.2) is 18.1 Å². The molecule has 1 heterocycles. The van der Waals surface area contributed by atoms with E-state index in [0.29, 0.717) is 0 Å². The van der Waals surface area contributed by atoms with Crippen molar-refractivity contribution in [1.82, 2.24) is 4.98 Å². The Kier molecular flexibility index (Phi) is 5.71. The molecule has 0 spiro atoms. The van der Waals surface area contributed by atoms with Crippen molar-refractivity contribution >= 4 is 5.69 Å². The molecule has 0 aliphatic heterocycles. The predicted octanol–water partition coefficient (Wildman–Crippen LogP) is 6.93. The van der Waals surface area contributed by atoms with Gasteiger partial charge in [-0.1, -0.05) is 72.8 Å².